The minimum atomic E-state index is -2.85. The van der Waals surface area contributed by atoms with Crippen molar-refractivity contribution in [1.29, 1.82) is 0 Å². The molecule has 1 atom stereocenters. The maximum Gasteiger partial charge on any atom is 0.387 e. The van der Waals surface area contributed by atoms with E-state index < -0.39 is 6.61 Å². The predicted octanol–water partition coefficient (Wildman–Crippen LogP) is 3.40. The third-order valence-electron chi connectivity index (χ3n) is 4.15. The molecule has 1 aromatic carbocycles. The molecule has 0 N–H and O–H groups in total. The number of hydrogen-bond donors (Lipinski definition) is 0. The topological polar surface area (TPSA) is 68.5 Å². The largest absolute Gasteiger partial charge is 0.435 e. The Labute approximate surface area is 149 Å². The Hall–Kier alpha value is -2.77. The van der Waals surface area contributed by atoms with Gasteiger partial charge in [-0.2, -0.15) is 13.8 Å². The van der Waals surface area contributed by atoms with E-state index in [1.165, 1.54) is 18.2 Å². The zero-order valence-electron chi connectivity index (χ0n) is 14.3. The number of carbonyl (C=O) groups is 1. The fraction of sp³-hybridized carbons (Fsp3) is 0.389. The van der Waals surface area contributed by atoms with Crippen molar-refractivity contribution in [2.75, 3.05) is 13.1 Å². The molecule has 0 radical (unpaired) electrons. The molecule has 6 nitrogen and oxygen atoms in total. The number of aryl methyl sites for hydroxylation is 1. The number of nitrogens with zero attached hydrogens (tertiary/aromatic N) is 3. The summed E-state index contributed by atoms with van der Waals surface area (Å²) in [5.41, 5.74) is 0.723. The van der Waals surface area contributed by atoms with Gasteiger partial charge in [0, 0.05) is 19.2 Å². The highest BCUT2D eigenvalue weighted by Crippen LogP contribution is 2.26. The third kappa shape index (κ3) is 4.65. The first kappa shape index (κ1) is 18.0. The van der Waals surface area contributed by atoms with Gasteiger partial charge in [0.2, 0.25) is 11.8 Å². The van der Waals surface area contributed by atoms with Crippen LogP contribution in [0.25, 0.3) is 6.08 Å². The van der Waals surface area contributed by atoms with E-state index in [0.29, 0.717) is 24.8 Å². The molecular formula is C18H19F2N3O3. The van der Waals surface area contributed by atoms with Crippen molar-refractivity contribution in [2.45, 2.75) is 32.3 Å². The molecule has 1 fully saturated rings. The lowest BCUT2D eigenvalue weighted by atomic mass is 9.98. The summed E-state index contributed by atoms with van der Waals surface area (Å²) in [7, 11) is 0. The molecule has 0 aliphatic carbocycles. The first-order chi connectivity index (χ1) is 12.5. The van der Waals surface area contributed by atoms with Crippen LogP contribution < -0.4 is 4.74 Å². The fourth-order valence-corrected chi connectivity index (χ4v) is 2.89. The zero-order chi connectivity index (χ0) is 18.5. The Balaban J connectivity index is 1.59. The molecule has 138 valence electrons. The van der Waals surface area contributed by atoms with Crippen LogP contribution in [0.1, 0.15) is 36.0 Å². The molecule has 1 amide bonds. The maximum atomic E-state index is 12.4. The fourth-order valence-electron chi connectivity index (χ4n) is 2.89. The number of benzene rings is 1. The first-order valence-electron chi connectivity index (χ1n) is 8.33. The normalized spacial score (nSPS) is 17.8. The Morgan fingerprint density at radius 2 is 2.15 bits per heavy atom. The van der Waals surface area contributed by atoms with Crippen LogP contribution in [0.2, 0.25) is 0 Å². The molecule has 1 saturated heterocycles. The smallest absolute Gasteiger partial charge is 0.387 e. The molecule has 3 rings (SSSR count). The first-order valence-corrected chi connectivity index (χ1v) is 8.33. The molecule has 2 aromatic rings. The summed E-state index contributed by atoms with van der Waals surface area (Å²) in [6, 6.07) is 6.10. The maximum absolute atomic E-state index is 12.4. The highest BCUT2D eigenvalue weighted by atomic mass is 19.3. The number of carbonyl (C=O) groups excluding carboxylic acids is 1. The van der Waals surface area contributed by atoms with Crippen molar-refractivity contribution < 1.29 is 22.8 Å². The van der Waals surface area contributed by atoms with Crippen molar-refractivity contribution in [3.8, 4) is 5.75 Å². The van der Waals surface area contributed by atoms with Gasteiger partial charge in [0.15, 0.2) is 5.82 Å². The van der Waals surface area contributed by atoms with E-state index in [0.717, 1.165) is 18.4 Å². The standard InChI is InChI=1S/C18H19F2N3O3/c1-12-21-17(26-22-12)14-3-2-10-23(11-14)16(24)9-6-13-4-7-15(8-5-13)25-18(19)20/h4-9,14,18H,2-3,10-11H2,1H3/b9-6+. The van der Waals surface area contributed by atoms with Crippen LogP contribution >= 0.6 is 0 Å². The van der Waals surface area contributed by atoms with Gasteiger partial charge in [-0.1, -0.05) is 17.3 Å². The van der Waals surface area contributed by atoms with Crippen molar-refractivity contribution in [3.63, 3.8) is 0 Å². The second kappa shape index (κ2) is 8.07. The van der Waals surface area contributed by atoms with E-state index >= 15 is 0 Å². The van der Waals surface area contributed by atoms with Crippen LogP contribution in [-0.4, -0.2) is 40.6 Å². The summed E-state index contributed by atoms with van der Waals surface area (Å²) in [6.07, 6.45) is 4.89. The lowest BCUT2D eigenvalue weighted by Gasteiger charge is -2.30. The number of hydrogen-bond acceptors (Lipinski definition) is 5. The highest BCUT2D eigenvalue weighted by Gasteiger charge is 2.27. The lowest BCUT2D eigenvalue weighted by molar-refractivity contribution is -0.127. The van der Waals surface area contributed by atoms with E-state index in [1.54, 1.807) is 30.0 Å². The monoisotopic (exact) mass is 363 g/mol. The number of halogens is 2. The number of alkyl halides is 2. The zero-order valence-corrected chi connectivity index (χ0v) is 14.3. The van der Waals surface area contributed by atoms with Gasteiger partial charge in [-0.15, -0.1) is 0 Å². The summed E-state index contributed by atoms with van der Waals surface area (Å²) in [4.78, 5) is 18.4. The highest BCUT2D eigenvalue weighted by molar-refractivity contribution is 5.91. The van der Waals surface area contributed by atoms with Gasteiger partial charge in [0.05, 0.1) is 5.92 Å². The van der Waals surface area contributed by atoms with Crippen LogP contribution in [0.4, 0.5) is 8.78 Å². The number of aromatic nitrogens is 2. The summed E-state index contributed by atoms with van der Waals surface area (Å²) >= 11 is 0. The van der Waals surface area contributed by atoms with Crippen LogP contribution in [-0.2, 0) is 4.79 Å². The van der Waals surface area contributed by atoms with E-state index in [4.69, 9.17) is 4.52 Å². The summed E-state index contributed by atoms with van der Waals surface area (Å²) < 4.78 is 33.8. The van der Waals surface area contributed by atoms with Crippen molar-refractivity contribution in [1.82, 2.24) is 15.0 Å². The molecule has 1 unspecified atom stereocenters. The van der Waals surface area contributed by atoms with Gasteiger partial charge in [0.1, 0.15) is 5.75 Å². The minimum Gasteiger partial charge on any atom is -0.435 e. The van der Waals surface area contributed by atoms with E-state index in [2.05, 4.69) is 14.9 Å². The SMILES string of the molecule is Cc1noc(C2CCCN(C(=O)/C=C/c3ccc(OC(F)F)cc3)C2)n1. The Morgan fingerprint density at radius 3 is 2.81 bits per heavy atom. The van der Waals surface area contributed by atoms with Crippen molar-refractivity contribution >= 4 is 12.0 Å². The predicted molar refractivity (Wildman–Crippen MR) is 89.7 cm³/mol. The number of rotatable bonds is 5. The van der Waals surface area contributed by atoms with Crippen LogP contribution in [0, 0.1) is 6.92 Å². The second-order valence-corrected chi connectivity index (χ2v) is 6.08. The second-order valence-electron chi connectivity index (χ2n) is 6.08. The summed E-state index contributed by atoms with van der Waals surface area (Å²) in [5, 5.41) is 3.80. The van der Waals surface area contributed by atoms with Crippen LogP contribution in [0.5, 0.6) is 5.75 Å². The molecule has 26 heavy (non-hydrogen) atoms. The van der Waals surface area contributed by atoms with Gasteiger partial charge in [-0.05, 0) is 43.5 Å². The van der Waals surface area contributed by atoms with Crippen molar-refractivity contribution in [2.24, 2.45) is 0 Å². The van der Waals surface area contributed by atoms with Gasteiger partial charge >= 0.3 is 6.61 Å². The van der Waals surface area contributed by atoms with E-state index in [-0.39, 0.29) is 17.6 Å². The summed E-state index contributed by atoms with van der Waals surface area (Å²) in [5.74, 6) is 1.17. The van der Waals surface area contributed by atoms with Crippen LogP contribution in [0.3, 0.4) is 0 Å². The molecule has 1 aliphatic heterocycles. The summed E-state index contributed by atoms with van der Waals surface area (Å²) in [6.45, 7) is 0.117. The Morgan fingerprint density at radius 1 is 1.38 bits per heavy atom. The van der Waals surface area contributed by atoms with Gasteiger partial charge in [-0.3, -0.25) is 4.79 Å². The third-order valence-corrected chi connectivity index (χ3v) is 4.15. The number of piperidine rings is 1. The molecular weight excluding hydrogens is 344 g/mol. The van der Waals surface area contributed by atoms with Gasteiger partial charge < -0.3 is 14.2 Å². The molecule has 0 saturated carbocycles. The molecule has 1 aromatic heterocycles. The lowest BCUT2D eigenvalue weighted by Crippen LogP contribution is -2.38. The average molecular weight is 363 g/mol. The van der Waals surface area contributed by atoms with Crippen molar-refractivity contribution in [3.05, 3.63) is 47.6 Å². The number of amides is 1. The van der Waals surface area contributed by atoms with E-state index in [9.17, 15) is 13.6 Å². The molecule has 0 bridgehead atoms. The number of likely N-dealkylation sites (tertiary alicyclic amines) is 1. The van der Waals surface area contributed by atoms with E-state index in [1.807, 2.05) is 0 Å². The van der Waals surface area contributed by atoms with Gasteiger partial charge in [-0.25, -0.2) is 0 Å². The minimum absolute atomic E-state index is 0.0491. The average Bonchev–Trinajstić information content (AvgIpc) is 3.07. The Kier molecular flexibility index (Phi) is 5.60. The molecule has 2 heterocycles. The number of ether oxygens (including phenoxy) is 1. The quantitative estimate of drug-likeness (QED) is 0.762. The molecule has 0 spiro atoms. The molecule has 1 aliphatic rings. The van der Waals surface area contributed by atoms with Gasteiger partial charge in [0.25, 0.3) is 0 Å². The Bertz CT molecular complexity index is 774. The molecule has 8 heteroatoms. The van der Waals surface area contributed by atoms with Crippen LogP contribution in [0.15, 0.2) is 34.9 Å².